The number of fused-ring (bicyclic) bond motifs is 1. The highest BCUT2D eigenvalue weighted by Crippen LogP contribution is 2.25. The third-order valence-corrected chi connectivity index (χ3v) is 6.29. The van der Waals surface area contributed by atoms with Gasteiger partial charge in [0.05, 0.1) is 12.1 Å². The van der Waals surface area contributed by atoms with Crippen molar-refractivity contribution in [3.05, 3.63) is 107 Å². The van der Waals surface area contributed by atoms with E-state index in [0.717, 1.165) is 16.7 Å². The van der Waals surface area contributed by atoms with Crippen molar-refractivity contribution in [2.45, 2.75) is 38.1 Å². The second-order valence-corrected chi connectivity index (χ2v) is 8.83. The molecule has 37 heavy (non-hydrogen) atoms. The quantitative estimate of drug-likeness (QED) is 0.434. The SMILES string of the molecule is NC(=O)[C@@H](Cc1ccc(C(=O)O)cc1)NC(=O)[C@@H]1Cc2ccccc2CN1C(=O)OCc1ccccc1. The Morgan fingerprint density at radius 1 is 0.919 bits per heavy atom. The van der Waals surface area contributed by atoms with E-state index in [2.05, 4.69) is 5.32 Å². The Morgan fingerprint density at radius 2 is 1.57 bits per heavy atom. The van der Waals surface area contributed by atoms with E-state index in [1.165, 1.54) is 17.0 Å². The lowest BCUT2D eigenvalue weighted by Crippen LogP contribution is -2.56. The maximum atomic E-state index is 13.4. The van der Waals surface area contributed by atoms with Crippen LogP contribution in [0.15, 0.2) is 78.9 Å². The third kappa shape index (κ3) is 6.32. The van der Waals surface area contributed by atoms with Gasteiger partial charge >= 0.3 is 12.1 Å². The molecule has 4 rings (SSSR count). The number of nitrogens with one attached hydrogen (secondary N) is 1. The first-order valence-corrected chi connectivity index (χ1v) is 11.8. The molecule has 0 radical (unpaired) electrons. The number of primary amides is 1. The number of ether oxygens (including phenoxy) is 1. The number of benzene rings is 3. The van der Waals surface area contributed by atoms with Crippen LogP contribution >= 0.6 is 0 Å². The summed E-state index contributed by atoms with van der Waals surface area (Å²) < 4.78 is 5.51. The molecule has 3 aromatic carbocycles. The summed E-state index contributed by atoms with van der Waals surface area (Å²) in [5.74, 6) is -2.34. The van der Waals surface area contributed by atoms with E-state index in [-0.39, 0.29) is 31.6 Å². The maximum absolute atomic E-state index is 13.4. The van der Waals surface area contributed by atoms with E-state index in [9.17, 15) is 19.2 Å². The van der Waals surface area contributed by atoms with Gasteiger partial charge in [-0.05, 0) is 34.4 Å². The lowest BCUT2D eigenvalue weighted by molar-refractivity contribution is -0.131. The summed E-state index contributed by atoms with van der Waals surface area (Å²) in [7, 11) is 0. The molecule has 1 aliphatic heterocycles. The van der Waals surface area contributed by atoms with Gasteiger partial charge in [-0.3, -0.25) is 14.5 Å². The fourth-order valence-corrected chi connectivity index (χ4v) is 4.26. The first kappa shape index (κ1) is 25.4. The average molecular weight is 502 g/mol. The first-order valence-electron chi connectivity index (χ1n) is 11.8. The summed E-state index contributed by atoms with van der Waals surface area (Å²) in [6, 6.07) is 20.8. The molecule has 9 nitrogen and oxygen atoms in total. The van der Waals surface area contributed by atoms with E-state index >= 15 is 0 Å². The first-order chi connectivity index (χ1) is 17.8. The van der Waals surface area contributed by atoms with E-state index in [0.29, 0.717) is 5.56 Å². The van der Waals surface area contributed by atoms with Gasteiger partial charge in [0.25, 0.3) is 0 Å². The van der Waals surface area contributed by atoms with Crippen LogP contribution in [0.25, 0.3) is 0 Å². The van der Waals surface area contributed by atoms with Gasteiger partial charge in [0.15, 0.2) is 0 Å². The van der Waals surface area contributed by atoms with Gasteiger partial charge in [0.2, 0.25) is 11.8 Å². The van der Waals surface area contributed by atoms with Gasteiger partial charge < -0.3 is 20.9 Å². The minimum atomic E-state index is -1.07. The van der Waals surface area contributed by atoms with Crippen molar-refractivity contribution in [3.63, 3.8) is 0 Å². The van der Waals surface area contributed by atoms with Crippen molar-refractivity contribution in [2.75, 3.05) is 0 Å². The van der Waals surface area contributed by atoms with Gasteiger partial charge in [-0.25, -0.2) is 9.59 Å². The van der Waals surface area contributed by atoms with Crippen LogP contribution in [0, 0.1) is 0 Å². The zero-order valence-electron chi connectivity index (χ0n) is 20.0. The third-order valence-electron chi connectivity index (χ3n) is 6.29. The number of amides is 3. The van der Waals surface area contributed by atoms with Crippen LogP contribution in [0.1, 0.15) is 32.6 Å². The molecule has 1 aliphatic rings. The van der Waals surface area contributed by atoms with Crippen LogP contribution in [0.4, 0.5) is 4.79 Å². The Hall–Kier alpha value is -4.66. The predicted octanol–water partition coefficient (Wildman–Crippen LogP) is 2.66. The van der Waals surface area contributed by atoms with Crippen LogP contribution in [-0.2, 0) is 40.3 Å². The number of carboxylic acid groups (broad SMARTS) is 1. The molecule has 0 saturated heterocycles. The maximum Gasteiger partial charge on any atom is 0.411 e. The lowest BCUT2D eigenvalue weighted by atomic mass is 9.93. The predicted molar refractivity (Wildman–Crippen MR) is 134 cm³/mol. The highest BCUT2D eigenvalue weighted by atomic mass is 16.6. The Morgan fingerprint density at radius 3 is 2.22 bits per heavy atom. The average Bonchev–Trinajstić information content (AvgIpc) is 2.91. The van der Waals surface area contributed by atoms with E-state index in [1.54, 1.807) is 12.1 Å². The van der Waals surface area contributed by atoms with Gasteiger partial charge in [0, 0.05) is 12.8 Å². The lowest BCUT2D eigenvalue weighted by Gasteiger charge is -2.35. The molecule has 0 fully saturated rings. The Kier molecular flexibility index (Phi) is 7.83. The molecule has 190 valence electrons. The summed E-state index contributed by atoms with van der Waals surface area (Å²) in [6.45, 7) is 0.238. The van der Waals surface area contributed by atoms with Crippen LogP contribution in [0.2, 0.25) is 0 Å². The van der Waals surface area contributed by atoms with Crippen LogP contribution in [0.5, 0.6) is 0 Å². The highest BCUT2D eigenvalue weighted by molar-refractivity contribution is 5.91. The molecule has 3 amide bonds. The van der Waals surface area contributed by atoms with E-state index in [4.69, 9.17) is 15.6 Å². The molecular weight excluding hydrogens is 474 g/mol. The zero-order valence-corrected chi connectivity index (χ0v) is 20.0. The highest BCUT2D eigenvalue weighted by Gasteiger charge is 2.37. The zero-order chi connectivity index (χ0) is 26.4. The number of carbonyl (C=O) groups is 4. The molecule has 0 aliphatic carbocycles. The normalized spacial score (nSPS) is 15.2. The second kappa shape index (κ2) is 11.4. The standard InChI is InChI=1S/C28H27N3O6/c29-25(32)23(14-18-10-12-20(13-11-18)27(34)35)30-26(33)24-15-21-8-4-5-9-22(21)16-31(24)28(36)37-17-19-6-2-1-3-7-19/h1-13,23-24H,14-17H2,(H2,29,32)(H,30,33)(H,34,35)/t23-,24+/m1/s1. The van der Waals surface area contributed by atoms with Crippen molar-refractivity contribution in [2.24, 2.45) is 5.73 Å². The Labute approximate surface area is 213 Å². The molecule has 0 aromatic heterocycles. The van der Waals surface area contributed by atoms with Gasteiger partial charge in [-0.1, -0.05) is 66.7 Å². The molecule has 0 bridgehead atoms. The number of aromatic carboxylic acids is 1. The monoisotopic (exact) mass is 501 g/mol. The Bertz CT molecular complexity index is 1290. The van der Waals surface area contributed by atoms with Gasteiger partial charge in [-0.15, -0.1) is 0 Å². The summed E-state index contributed by atoms with van der Waals surface area (Å²) >= 11 is 0. The number of rotatable bonds is 8. The minimum Gasteiger partial charge on any atom is -0.478 e. The minimum absolute atomic E-state index is 0.0579. The molecular formula is C28H27N3O6. The Balaban J connectivity index is 1.50. The largest absolute Gasteiger partial charge is 0.478 e. The fraction of sp³-hybridized carbons (Fsp3) is 0.214. The number of carbonyl (C=O) groups excluding carboxylic acids is 3. The number of nitrogens with zero attached hydrogens (tertiary/aromatic N) is 1. The van der Waals surface area contributed by atoms with Crippen LogP contribution in [0.3, 0.4) is 0 Å². The molecule has 3 aromatic rings. The number of hydrogen-bond donors (Lipinski definition) is 3. The molecule has 1 heterocycles. The van der Waals surface area contributed by atoms with Crippen LogP contribution in [-0.4, -0.2) is 46.0 Å². The molecule has 9 heteroatoms. The van der Waals surface area contributed by atoms with Gasteiger partial charge in [0.1, 0.15) is 18.7 Å². The molecule has 0 unspecified atom stereocenters. The second-order valence-electron chi connectivity index (χ2n) is 8.83. The molecule has 0 spiro atoms. The summed E-state index contributed by atoms with van der Waals surface area (Å²) in [6.07, 6.45) is -0.317. The smallest absolute Gasteiger partial charge is 0.411 e. The van der Waals surface area contributed by atoms with Crippen molar-refractivity contribution in [1.29, 1.82) is 0 Å². The van der Waals surface area contributed by atoms with Crippen LogP contribution < -0.4 is 11.1 Å². The summed E-state index contributed by atoms with van der Waals surface area (Å²) in [4.78, 5) is 51.1. The number of nitrogens with two attached hydrogens (primary N) is 1. The van der Waals surface area contributed by atoms with Gasteiger partial charge in [-0.2, -0.15) is 0 Å². The molecule has 4 N–H and O–H groups in total. The fourth-order valence-electron chi connectivity index (χ4n) is 4.26. The van der Waals surface area contributed by atoms with Crippen molar-refractivity contribution in [1.82, 2.24) is 10.2 Å². The van der Waals surface area contributed by atoms with Crippen molar-refractivity contribution >= 4 is 23.9 Å². The summed E-state index contributed by atoms with van der Waals surface area (Å²) in [5.41, 5.74) is 8.96. The number of hydrogen-bond acceptors (Lipinski definition) is 5. The topological polar surface area (TPSA) is 139 Å². The molecule has 2 atom stereocenters. The van der Waals surface area contributed by atoms with Crippen molar-refractivity contribution < 1.29 is 29.0 Å². The molecule has 0 saturated carbocycles. The summed E-state index contributed by atoms with van der Waals surface area (Å²) in [5, 5.41) is 11.8. The van der Waals surface area contributed by atoms with E-state index in [1.807, 2.05) is 54.6 Å². The number of carboxylic acids is 1. The van der Waals surface area contributed by atoms with Crippen molar-refractivity contribution in [3.8, 4) is 0 Å². The van der Waals surface area contributed by atoms with E-state index < -0.39 is 36.0 Å².